The summed E-state index contributed by atoms with van der Waals surface area (Å²) < 4.78 is 30.0. The fourth-order valence-electron chi connectivity index (χ4n) is 1.43. The van der Waals surface area contributed by atoms with Crippen LogP contribution in [0.2, 0.25) is 0 Å². The van der Waals surface area contributed by atoms with Gasteiger partial charge in [0.2, 0.25) is 10.0 Å². The number of carboxylic acids is 1. The number of rotatable bonds is 10. The van der Waals surface area contributed by atoms with Crippen LogP contribution in [-0.4, -0.2) is 44.9 Å². The summed E-state index contributed by atoms with van der Waals surface area (Å²) in [5.41, 5.74) is 0. The molecule has 0 aromatic rings. The highest BCUT2D eigenvalue weighted by Gasteiger charge is 2.16. The summed E-state index contributed by atoms with van der Waals surface area (Å²) in [5.74, 6) is -1.80. The van der Waals surface area contributed by atoms with Gasteiger partial charge < -0.3 is 9.84 Å². The smallest absolute Gasteiger partial charge is 0.305 e. The zero-order valence-corrected chi connectivity index (χ0v) is 12.0. The highest BCUT2D eigenvalue weighted by molar-refractivity contribution is 7.89. The van der Waals surface area contributed by atoms with E-state index in [1.54, 1.807) is 6.92 Å². The molecular weight excluding hydrogens is 274 g/mol. The van der Waals surface area contributed by atoms with Gasteiger partial charge in [-0.2, -0.15) is 0 Å². The van der Waals surface area contributed by atoms with Crippen LogP contribution in [0.4, 0.5) is 0 Å². The first kappa shape index (κ1) is 17.8. The fourth-order valence-corrected chi connectivity index (χ4v) is 2.59. The number of hydrogen-bond acceptors (Lipinski definition) is 5. The Morgan fingerprint density at radius 1 is 1.37 bits per heavy atom. The van der Waals surface area contributed by atoms with Crippen molar-refractivity contribution in [2.45, 2.75) is 32.6 Å². The van der Waals surface area contributed by atoms with Crippen molar-refractivity contribution < 1.29 is 27.9 Å². The second-order valence-electron chi connectivity index (χ2n) is 4.22. The van der Waals surface area contributed by atoms with Gasteiger partial charge in [-0.1, -0.05) is 13.3 Å². The summed E-state index contributed by atoms with van der Waals surface area (Å²) in [6, 6.07) is 0. The molecule has 0 saturated carbocycles. The van der Waals surface area contributed by atoms with E-state index in [0.717, 1.165) is 0 Å². The van der Waals surface area contributed by atoms with Gasteiger partial charge in [0.1, 0.15) is 0 Å². The van der Waals surface area contributed by atoms with E-state index in [0.29, 0.717) is 6.42 Å². The summed E-state index contributed by atoms with van der Waals surface area (Å²) >= 11 is 0. The molecule has 0 fully saturated rings. The van der Waals surface area contributed by atoms with E-state index in [4.69, 9.17) is 5.11 Å². The first-order chi connectivity index (χ1) is 8.80. The van der Waals surface area contributed by atoms with Crippen LogP contribution in [0.3, 0.4) is 0 Å². The number of sulfonamides is 1. The third-order valence-corrected chi connectivity index (χ3v) is 4.09. The first-order valence-corrected chi connectivity index (χ1v) is 7.72. The Morgan fingerprint density at radius 3 is 2.47 bits per heavy atom. The summed E-state index contributed by atoms with van der Waals surface area (Å²) in [6.45, 7) is 1.91. The van der Waals surface area contributed by atoms with E-state index in [9.17, 15) is 18.0 Å². The van der Waals surface area contributed by atoms with Gasteiger partial charge in [0.05, 0.1) is 12.9 Å². The van der Waals surface area contributed by atoms with E-state index >= 15 is 0 Å². The SMILES string of the molecule is CCC(CNS(=O)(=O)CCCC(=O)OC)CC(=O)O. The molecule has 7 nitrogen and oxygen atoms in total. The average molecular weight is 295 g/mol. The van der Waals surface area contributed by atoms with Crippen LogP contribution < -0.4 is 4.72 Å². The second kappa shape index (κ2) is 8.87. The van der Waals surface area contributed by atoms with Gasteiger partial charge in [-0.05, 0) is 12.3 Å². The van der Waals surface area contributed by atoms with Crippen LogP contribution in [0.1, 0.15) is 32.6 Å². The normalized spacial score (nSPS) is 12.9. The van der Waals surface area contributed by atoms with Crippen molar-refractivity contribution in [1.29, 1.82) is 0 Å². The molecule has 0 radical (unpaired) electrons. The molecule has 8 heteroatoms. The number of ether oxygens (including phenoxy) is 1. The van der Waals surface area contributed by atoms with E-state index in [1.807, 2.05) is 0 Å². The number of methoxy groups -OCH3 is 1. The van der Waals surface area contributed by atoms with Crippen LogP contribution >= 0.6 is 0 Å². The number of hydrogen-bond donors (Lipinski definition) is 2. The lowest BCUT2D eigenvalue weighted by molar-refractivity contribution is -0.140. The topological polar surface area (TPSA) is 110 Å². The van der Waals surface area contributed by atoms with Gasteiger partial charge in [0.15, 0.2) is 0 Å². The lowest BCUT2D eigenvalue weighted by Crippen LogP contribution is -2.32. The van der Waals surface area contributed by atoms with Crippen LogP contribution in [0.25, 0.3) is 0 Å². The minimum atomic E-state index is -3.48. The van der Waals surface area contributed by atoms with Gasteiger partial charge in [-0.15, -0.1) is 0 Å². The van der Waals surface area contributed by atoms with Crippen molar-refractivity contribution in [3.05, 3.63) is 0 Å². The van der Waals surface area contributed by atoms with Crippen molar-refractivity contribution >= 4 is 22.0 Å². The van der Waals surface area contributed by atoms with Gasteiger partial charge in [-0.3, -0.25) is 9.59 Å². The highest BCUT2D eigenvalue weighted by atomic mass is 32.2. The van der Waals surface area contributed by atoms with Gasteiger partial charge in [-0.25, -0.2) is 13.1 Å². The number of carbonyl (C=O) groups is 2. The molecule has 0 aliphatic carbocycles. The monoisotopic (exact) mass is 295 g/mol. The molecule has 0 aliphatic rings. The molecule has 0 bridgehead atoms. The van der Waals surface area contributed by atoms with E-state index in [-0.39, 0.29) is 37.5 Å². The van der Waals surface area contributed by atoms with Crippen molar-refractivity contribution in [3.63, 3.8) is 0 Å². The summed E-state index contributed by atoms with van der Waals surface area (Å²) in [6.07, 6.45) is 0.736. The number of nitrogens with one attached hydrogen (secondary N) is 1. The molecule has 0 saturated heterocycles. The van der Waals surface area contributed by atoms with Crippen molar-refractivity contribution in [3.8, 4) is 0 Å². The number of carboxylic acid groups (broad SMARTS) is 1. The van der Waals surface area contributed by atoms with Crippen LogP contribution in [0, 0.1) is 5.92 Å². The number of esters is 1. The third kappa shape index (κ3) is 9.43. The molecule has 0 aliphatic heterocycles. The maximum Gasteiger partial charge on any atom is 0.305 e. The lowest BCUT2D eigenvalue weighted by atomic mass is 10.0. The highest BCUT2D eigenvalue weighted by Crippen LogP contribution is 2.07. The molecular formula is C11H21NO6S. The van der Waals surface area contributed by atoms with Gasteiger partial charge in [0.25, 0.3) is 0 Å². The van der Waals surface area contributed by atoms with Crippen LogP contribution in [0.15, 0.2) is 0 Å². The van der Waals surface area contributed by atoms with Crippen molar-refractivity contribution in [1.82, 2.24) is 4.72 Å². The largest absolute Gasteiger partial charge is 0.481 e. The number of carbonyl (C=O) groups excluding carboxylic acids is 1. The molecule has 1 unspecified atom stereocenters. The van der Waals surface area contributed by atoms with E-state index in [1.165, 1.54) is 7.11 Å². The van der Waals surface area contributed by atoms with E-state index in [2.05, 4.69) is 9.46 Å². The second-order valence-corrected chi connectivity index (χ2v) is 6.15. The lowest BCUT2D eigenvalue weighted by Gasteiger charge is -2.13. The molecule has 2 N–H and O–H groups in total. The molecule has 112 valence electrons. The minimum absolute atomic E-state index is 0.0454. The van der Waals surface area contributed by atoms with Gasteiger partial charge >= 0.3 is 11.9 Å². The Balaban J connectivity index is 4.08. The quantitative estimate of drug-likeness (QED) is 0.563. The zero-order chi connectivity index (χ0) is 14.9. The van der Waals surface area contributed by atoms with Crippen molar-refractivity contribution in [2.24, 2.45) is 5.92 Å². The minimum Gasteiger partial charge on any atom is -0.481 e. The molecule has 0 heterocycles. The van der Waals surface area contributed by atoms with Gasteiger partial charge in [0, 0.05) is 19.4 Å². The molecule has 19 heavy (non-hydrogen) atoms. The van der Waals surface area contributed by atoms with Crippen LogP contribution in [0.5, 0.6) is 0 Å². The Bertz CT molecular complexity index is 392. The average Bonchev–Trinajstić information content (AvgIpc) is 2.33. The third-order valence-electron chi connectivity index (χ3n) is 2.65. The molecule has 0 aromatic heterocycles. The molecule has 0 spiro atoms. The maximum absolute atomic E-state index is 11.6. The van der Waals surface area contributed by atoms with Crippen LogP contribution in [-0.2, 0) is 24.3 Å². The molecule has 0 amide bonds. The molecule has 0 rings (SSSR count). The maximum atomic E-state index is 11.6. The summed E-state index contributed by atoms with van der Waals surface area (Å²) in [7, 11) is -2.23. The summed E-state index contributed by atoms with van der Waals surface area (Å²) in [4.78, 5) is 21.4. The Labute approximate surface area is 113 Å². The molecule has 1 atom stereocenters. The summed E-state index contributed by atoms with van der Waals surface area (Å²) in [5, 5.41) is 8.65. The standard InChI is InChI=1S/C11H21NO6S/c1-3-9(7-10(13)14)8-12-19(16,17)6-4-5-11(15)18-2/h9,12H,3-8H2,1-2H3,(H,13,14). The van der Waals surface area contributed by atoms with Crippen molar-refractivity contribution in [2.75, 3.05) is 19.4 Å². The predicted molar refractivity (Wildman–Crippen MR) is 69.1 cm³/mol. The Morgan fingerprint density at radius 2 is 2.00 bits per heavy atom. The molecule has 0 aromatic carbocycles. The number of aliphatic carboxylic acids is 1. The Hall–Kier alpha value is -1.15. The van der Waals surface area contributed by atoms with E-state index < -0.39 is 22.0 Å². The Kier molecular flexibility index (Phi) is 8.33. The fraction of sp³-hybridized carbons (Fsp3) is 0.818. The zero-order valence-electron chi connectivity index (χ0n) is 11.2. The predicted octanol–water partition coefficient (Wildman–Crippen LogP) is 0.360. The first-order valence-electron chi connectivity index (χ1n) is 6.06.